The molecule has 0 aliphatic carbocycles. The van der Waals surface area contributed by atoms with E-state index in [1.54, 1.807) is 0 Å². The molecule has 1 heterocycles. The molecule has 0 aliphatic rings. The summed E-state index contributed by atoms with van der Waals surface area (Å²) >= 11 is 5.65. The Morgan fingerprint density at radius 2 is 2.22 bits per heavy atom. The lowest BCUT2D eigenvalue weighted by Crippen LogP contribution is -2.29. The van der Waals surface area contributed by atoms with E-state index in [0.29, 0.717) is 5.02 Å². The Bertz CT molecular complexity index is 412. The molecule has 100 valence electrons. The minimum Gasteiger partial charge on any atom is -0.370 e. The first kappa shape index (κ1) is 14.7. The molecule has 8 heteroatoms. The van der Waals surface area contributed by atoms with Gasteiger partial charge in [-0.1, -0.05) is 11.6 Å². The van der Waals surface area contributed by atoms with Crippen LogP contribution in [0.3, 0.4) is 0 Å². The summed E-state index contributed by atoms with van der Waals surface area (Å²) in [5.41, 5.74) is 0.0957. The Kier molecular flexibility index (Phi) is 5.36. The van der Waals surface area contributed by atoms with Crippen molar-refractivity contribution in [3.63, 3.8) is 0 Å². The SMILES string of the molecule is O=C(NCCOCC(F)(F)F)c1cc(Cl)ccn1. The van der Waals surface area contributed by atoms with Crippen LogP contribution in [0.2, 0.25) is 5.02 Å². The highest BCUT2D eigenvalue weighted by Crippen LogP contribution is 2.14. The largest absolute Gasteiger partial charge is 0.411 e. The minimum absolute atomic E-state index is 0.0386. The standard InChI is InChI=1S/C10H10ClF3N2O2/c11-7-1-2-15-8(5-7)9(17)16-3-4-18-6-10(12,13)14/h1-2,5H,3-4,6H2,(H,16,17). The summed E-state index contributed by atoms with van der Waals surface area (Å²) < 4.78 is 39.5. The number of halogens is 4. The molecule has 18 heavy (non-hydrogen) atoms. The number of alkyl halides is 3. The number of aromatic nitrogens is 1. The third-order valence-corrected chi connectivity index (χ3v) is 1.99. The van der Waals surface area contributed by atoms with E-state index < -0.39 is 18.7 Å². The van der Waals surface area contributed by atoms with Gasteiger partial charge in [-0.3, -0.25) is 9.78 Å². The molecular weight excluding hydrogens is 273 g/mol. The molecule has 0 unspecified atom stereocenters. The summed E-state index contributed by atoms with van der Waals surface area (Å²) in [4.78, 5) is 15.2. The number of nitrogens with one attached hydrogen (secondary N) is 1. The number of amides is 1. The Morgan fingerprint density at radius 3 is 2.83 bits per heavy atom. The van der Waals surface area contributed by atoms with E-state index in [9.17, 15) is 18.0 Å². The van der Waals surface area contributed by atoms with Gasteiger partial charge < -0.3 is 10.1 Å². The fourth-order valence-corrected chi connectivity index (χ4v) is 1.20. The third-order valence-electron chi connectivity index (χ3n) is 1.75. The summed E-state index contributed by atoms with van der Waals surface area (Å²) in [6.45, 7) is -1.60. The van der Waals surface area contributed by atoms with Crippen LogP contribution in [0.15, 0.2) is 18.3 Å². The van der Waals surface area contributed by atoms with Gasteiger partial charge in [0.05, 0.1) is 6.61 Å². The number of carbonyl (C=O) groups is 1. The Hall–Kier alpha value is -1.34. The molecule has 1 rings (SSSR count). The maximum atomic E-state index is 11.7. The van der Waals surface area contributed by atoms with Crippen LogP contribution >= 0.6 is 11.6 Å². The van der Waals surface area contributed by atoms with Crippen molar-refractivity contribution in [2.24, 2.45) is 0 Å². The van der Waals surface area contributed by atoms with Crippen LogP contribution in [0, 0.1) is 0 Å². The number of hydrogen-bond donors (Lipinski definition) is 1. The van der Waals surface area contributed by atoms with E-state index in [4.69, 9.17) is 11.6 Å². The Labute approximate surface area is 106 Å². The second-order valence-corrected chi connectivity index (χ2v) is 3.72. The highest BCUT2D eigenvalue weighted by molar-refractivity contribution is 6.30. The van der Waals surface area contributed by atoms with Gasteiger partial charge in [0.1, 0.15) is 12.3 Å². The fourth-order valence-electron chi connectivity index (χ4n) is 1.04. The van der Waals surface area contributed by atoms with Gasteiger partial charge in [0.25, 0.3) is 5.91 Å². The van der Waals surface area contributed by atoms with Crippen LogP contribution in [0.5, 0.6) is 0 Å². The molecule has 0 fully saturated rings. The van der Waals surface area contributed by atoms with E-state index in [2.05, 4.69) is 15.0 Å². The van der Waals surface area contributed by atoms with Crippen molar-refractivity contribution in [2.45, 2.75) is 6.18 Å². The monoisotopic (exact) mass is 282 g/mol. The Morgan fingerprint density at radius 1 is 1.50 bits per heavy atom. The van der Waals surface area contributed by atoms with E-state index in [1.165, 1.54) is 18.3 Å². The normalized spacial score (nSPS) is 11.3. The van der Waals surface area contributed by atoms with Crippen molar-refractivity contribution in [1.82, 2.24) is 10.3 Å². The van der Waals surface area contributed by atoms with E-state index in [1.807, 2.05) is 0 Å². The smallest absolute Gasteiger partial charge is 0.370 e. The van der Waals surface area contributed by atoms with Gasteiger partial charge in [-0.15, -0.1) is 0 Å². The topological polar surface area (TPSA) is 51.2 Å². The van der Waals surface area contributed by atoms with Crippen molar-refractivity contribution < 1.29 is 22.7 Å². The molecule has 0 bridgehead atoms. The van der Waals surface area contributed by atoms with Crippen molar-refractivity contribution in [3.8, 4) is 0 Å². The minimum atomic E-state index is -4.36. The average molecular weight is 283 g/mol. The predicted octanol–water partition coefficient (Wildman–Crippen LogP) is 2.04. The number of ether oxygens (including phenoxy) is 1. The highest BCUT2D eigenvalue weighted by atomic mass is 35.5. The third kappa shape index (κ3) is 5.83. The van der Waals surface area contributed by atoms with Gasteiger partial charge in [0, 0.05) is 17.8 Å². The molecule has 0 radical (unpaired) electrons. The predicted molar refractivity (Wildman–Crippen MR) is 58.5 cm³/mol. The zero-order valence-corrected chi connectivity index (χ0v) is 9.88. The van der Waals surface area contributed by atoms with Gasteiger partial charge in [0.15, 0.2) is 0 Å². The molecule has 1 amide bonds. The molecule has 1 aromatic rings. The number of hydrogen-bond acceptors (Lipinski definition) is 3. The molecule has 1 aromatic heterocycles. The molecule has 0 atom stereocenters. The zero-order chi connectivity index (χ0) is 13.6. The highest BCUT2D eigenvalue weighted by Gasteiger charge is 2.27. The fraction of sp³-hybridized carbons (Fsp3) is 0.400. The van der Waals surface area contributed by atoms with Gasteiger partial charge in [-0.05, 0) is 12.1 Å². The van der Waals surface area contributed by atoms with Gasteiger partial charge in [-0.2, -0.15) is 13.2 Å². The second kappa shape index (κ2) is 6.55. The second-order valence-electron chi connectivity index (χ2n) is 3.28. The first-order valence-corrected chi connectivity index (χ1v) is 5.30. The van der Waals surface area contributed by atoms with E-state index in [0.717, 1.165) is 0 Å². The van der Waals surface area contributed by atoms with E-state index in [-0.39, 0.29) is 18.8 Å². The molecule has 0 saturated heterocycles. The lowest BCUT2D eigenvalue weighted by molar-refractivity contribution is -0.173. The average Bonchev–Trinajstić information content (AvgIpc) is 2.26. The quantitative estimate of drug-likeness (QED) is 0.841. The summed E-state index contributed by atoms with van der Waals surface area (Å²) in [7, 11) is 0. The maximum absolute atomic E-state index is 11.7. The van der Waals surface area contributed by atoms with E-state index >= 15 is 0 Å². The van der Waals surface area contributed by atoms with Crippen LogP contribution < -0.4 is 5.32 Å². The van der Waals surface area contributed by atoms with Gasteiger partial charge in [0.2, 0.25) is 0 Å². The number of pyridine rings is 1. The molecule has 1 N–H and O–H groups in total. The number of carbonyl (C=O) groups excluding carboxylic acids is 1. The summed E-state index contributed by atoms with van der Waals surface area (Å²) in [6, 6.07) is 2.86. The van der Waals surface area contributed by atoms with Crippen LogP contribution in [-0.2, 0) is 4.74 Å². The lowest BCUT2D eigenvalue weighted by Gasteiger charge is -2.08. The summed E-state index contributed by atoms with van der Waals surface area (Å²) in [5, 5.41) is 2.71. The van der Waals surface area contributed by atoms with Crippen LogP contribution in [0.1, 0.15) is 10.5 Å². The van der Waals surface area contributed by atoms with Crippen molar-refractivity contribution in [1.29, 1.82) is 0 Å². The van der Waals surface area contributed by atoms with Gasteiger partial charge >= 0.3 is 6.18 Å². The Balaban J connectivity index is 2.26. The van der Waals surface area contributed by atoms with Crippen LogP contribution in [0.4, 0.5) is 13.2 Å². The summed E-state index contributed by atoms with van der Waals surface area (Å²) in [5.74, 6) is -0.520. The molecule has 4 nitrogen and oxygen atoms in total. The molecule has 0 saturated carbocycles. The van der Waals surface area contributed by atoms with Crippen LogP contribution in [-0.4, -0.2) is 36.8 Å². The first-order valence-electron chi connectivity index (χ1n) is 4.93. The molecule has 0 aliphatic heterocycles. The van der Waals surface area contributed by atoms with Gasteiger partial charge in [-0.25, -0.2) is 0 Å². The zero-order valence-electron chi connectivity index (χ0n) is 9.13. The van der Waals surface area contributed by atoms with Crippen molar-refractivity contribution in [3.05, 3.63) is 29.0 Å². The molecule has 0 aromatic carbocycles. The maximum Gasteiger partial charge on any atom is 0.411 e. The van der Waals surface area contributed by atoms with Crippen molar-refractivity contribution in [2.75, 3.05) is 19.8 Å². The van der Waals surface area contributed by atoms with Crippen LogP contribution in [0.25, 0.3) is 0 Å². The number of rotatable bonds is 5. The van der Waals surface area contributed by atoms with Crippen molar-refractivity contribution >= 4 is 17.5 Å². The first-order chi connectivity index (χ1) is 8.38. The molecule has 0 spiro atoms. The summed E-state index contributed by atoms with van der Waals surface area (Å²) in [6.07, 6.45) is -3.00. The lowest BCUT2D eigenvalue weighted by atomic mass is 10.3. The number of nitrogens with zero attached hydrogens (tertiary/aromatic N) is 1. The molecular formula is C10H10ClF3N2O2.